The second-order valence-electron chi connectivity index (χ2n) is 4.32. The first-order chi connectivity index (χ1) is 7.42. The van der Waals surface area contributed by atoms with Gasteiger partial charge >= 0.3 is 5.97 Å². The van der Waals surface area contributed by atoms with Crippen molar-refractivity contribution in [2.75, 3.05) is 0 Å². The summed E-state index contributed by atoms with van der Waals surface area (Å²) in [6, 6.07) is 0. The van der Waals surface area contributed by atoms with E-state index in [-0.39, 0.29) is 5.69 Å². The summed E-state index contributed by atoms with van der Waals surface area (Å²) in [6.07, 6.45) is 7.21. The summed E-state index contributed by atoms with van der Waals surface area (Å²) in [7, 11) is 0. The van der Waals surface area contributed by atoms with Gasteiger partial charge in [0, 0.05) is 6.42 Å². The molecule has 16 heavy (non-hydrogen) atoms. The molecule has 1 aromatic heterocycles. The van der Waals surface area contributed by atoms with E-state index in [2.05, 4.69) is 16.2 Å². The summed E-state index contributed by atoms with van der Waals surface area (Å²) >= 11 is 0. The summed E-state index contributed by atoms with van der Waals surface area (Å²) in [6.45, 7) is 5.95. The van der Waals surface area contributed by atoms with Crippen molar-refractivity contribution in [2.45, 2.75) is 39.3 Å². The Bertz CT molecular complexity index is 410. The van der Waals surface area contributed by atoms with Crippen LogP contribution in [0.15, 0.2) is 6.20 Å². The molecule has 0 N–H and O–H groups in total. The van der Waals surface area contributed by atoms with Crippen molar-refractivity contribution in [1.29, 1.82) is 0 Å². The van der Waals surface area contributed by atoms with Gasteiger partial charge in [-0.25, -0.2) is 4.79 Å². The van der Waals surface area contributed by atoms with Crippen molar-refractivity contribution in [3.8, 4) is 12.3 Å². The summed E-state index contributed by atoms with van der Waals surface area (Å²) < 4.78 is 6.67. The van der Waals surface area contributed by atoms with Gasteiger partial charge in [0.15, 0.2) is 5.69 Å². The van der Waals surface area contributed by atoms with Crippen LogP contribution in [0.1, 0.15) is 37.7 Å². The van der Waals surface area contributed by atoms with E-state index in [1.807, 2.05) is 0 Å². The monoisotopic (exact) mass is 221 g/mol. The molecule has 0 aromatic carbocycles. The number of hydrogen-bond acceptors (Lipinski definition) is 4. The van der Waals surface area contributed by atoms with E-state index in [0.29, 0.717) is 13.0 Å². The molecule has 0 amide bonds. The molecule has 5 nitrogen and oxygen atoms in total. The summed E-state index contributed by atoms with van der Waals surface area (Å²) in [5.74, 6) is 2.02. The molecule has 86 valence electrons. The van der Waals surface area contributed by atoms with Crippen LogP contribution in [0.25, 0.3) is 0 Å². The maximum atomic E-state index is 11.6. The van der Waals surface area contributed by atoms with Gasteiger partial charge in [0.05, 0.1) is 12.7 Å². The van der Waals surface area contributed by atoms with Crippen molar-refractivity contribution in [3.05, 3.63) is 11.9 Å². The Kier molecular flexibility index (Phi) is 3.67. The van der Waals surface area contributed by atoms with Gasteiger partial charge in [-0.15, -0.1) is 17.4 Å². The predicted molar refractivity (Wildman–Crippen MR) is 58.6 cm³/mol. The molecule has 0 saturated heterocycles. The van der Waals surface area contributed by atoms with E-state index in [0.717, 1.165) is 0 Å². The van der Waals surface area contributed by atoms with Crippen molar-refractivity contribution in [3.63, 3.8) is 0 Å². The van der Waals surface area contributed by atoms with Gasteiger partial charge in [0.25, 0.3) is 0 Å². The average molecular weight is 221 g/mol. The minimum Gasteiger partial charge on any atom is -0.455 e. The molecule has 0 aliphatic rings. The second-order valence-corrected chi connectivity index (χ2v) is 4.32. The lowest BCUT2D eigenvalue weighted by atomic mass is 10.2. The lowest BCUT2D eigenvalue weighted by Crippen LogP contribution is -2.24. The van der Waals surface area contributed by atoms with Crippen molar-refractivity contribution in [1.82, 2.24) is 15.0 Å². The number of carbonyl (C=O) groups is 1. The van der Waals surface area contributed by atoms with Crippen LogP contribution in [0.5, 0.6) is 0 Å². The number of esters is 1. The van der Waals surface area contributed by atoms with E-state index in [1.165, 1.54) is 10.9 Å². The van der Waals surface area contributed by atoms with Gasteiger partial charge in [-0.1, -0.05) is 5.21 Å². The number of ether oxygens (including phenoxy) is 1. The normalized spacial score (nSPS) is 10.9. The zero-order valence-corrected chi connectivity index (χ0v) is 9.73. The zero-order valence-electron chi connectivity index (χ0n) is 9.73. The maximum Gasteiger partial charge on any atom is 0.361 e. The van der Waals surface area contributed by atoms with Crippen LogP contribution in [-0.2, 0) is 11.3 Å². The molecule has 1 aromatic rings. The Labute approximate surface area is 94.8 Å². The van der Waals surface area contributed by atoms with Crippen LogP contribution in [0.3, 0.4) is 0 Å². The molecule has 1 rings (SSSR count). The van der Waals surface area contributed by atoms with Crippen molar-refractivity contribution >= 4 is 5.97 Å². The fourth-order valence-corrected chi connectivity index (χ4v) is 1.01. The highest BCUT2D eigenvalue weighted by Gasteiger charge is 2.20. The molecular weight excluding hydrogens is 206 g/mol. The summed E-state index contributed by atoms with van der Waals surface area (Å²) in [4.78, 5) is 11.6. The summed E-state index contributed by atoms with van der Waals surface area (Å²) in [5.41, 5.74) is -0.327. The Hall–Kier alpha value is -1.83. The molecule has 5 heteroatoms. The van der Waals surface area contributed by atoms with Crippen LogP contribution in [-0.4, -0.2) is 26.6 Å². The third-order valence-electron chi connectivity index (χ3n) is 1.63. The van der Waals surface area contributed by atoms with Crippen LogP contribution >= 0.6 is 0 Å². The molecular formula is C11H15N3O2. The first-order valence-electron chi connectivity index (χ1n) is 4.99. The largest absolute Gasteiger partial charge is 0.455 e. The molecule has 0 spiro atoms. The highest BCUT2D eigenvalue weighted by Crippen LogP contribution is 2.10. The third-order valence-corrected chi connectivity index (χ3v) is 1.63. The average Bonchev–Trinajstić information content (AvgIpc) is 2.60. The number of rotatable bonds is 3. The molecule has 0 fully saturated rings. The van der Waals surface area contributed by atoms with E-state index >= 15 is 0 Å². The number of hydrogen-bond donors (Lipinski definition) is 0. The summed E-state index contributed by atoms with van der Waals surface area (Å²) in [5, 5.41) is 7.50. The van der Waals surface area contributed by atoms with Crippen LogP contribution in [0, 0.1) is 12.3 Å². The molecule has 0 aliphatic heterocycles. The Morgan fingerprint density at radius 1 is 1.62 bits per heavy atom. The molecule has 0 saturated carbocycles. The van der Waals surface area contributed by atoms with Crippen molar-refractivity contribution < 1.29 is 9.53 Å². The highest BCUT2D eigenvalue weighted by molar-refractivity contribution is 5.86. The van der Waals surface area contributed by atoms with Crippen molar-refractivity contribution in [2.24, 2.45) is 0 Å². The predicted octanol–water partition coefficient (Wildman–Crippen LogP) is 1.26. The first-order valence-corrected chi connectivity index (χ1v) is 4.99. The SMILES string of the molecule is C#CCCn1cc(C(=O)OC(C)(C)C)nn1. The third kappa shape index (κ3) is 3.73. The molecule has 0 bridgehead atoms. The minimum absolute atomic E-state index is 0.201. The Morgan fingerprint density at radius 3 is 2.88 bits per heavy atom. The number of aromatic nitrogens is 3. The number of aryl methyl sites for hydroxylation is 1. The first kappa shape index (κ1) is 12.2. The number of carbonyl (C=O) groups excluding carboxylic acids is 1. The van der Waals surface area contributed by atoms with Gasteiger partial charge in [0.2, 0.25) is 0 Å². The van der Waals surface area contributed by atoms with Crippen LogP contribution in [0.2, 0.25) is 0 Å². The van der Waals surface area contributed by atoms with E-state index in [4.69, 9.17) is 11.2 Å². The van der Waals surface area contributed by atoms with Gasteiger partial charge in [-0.05, 0) is 20.8 Å². The van der Waals surface area contributed by atoms with Gasteiger partial charge in [0.1, 0.15) is 5.60 Å². The quantitative estimate of drug-likeness (QED) is 0.569. The lowest BCUT2D eigenvalue weighted by molar-refractivity contribution is 0.00627. The Morgan fingerprint density at radius 2 is 2.31 bits per heavy atom. The van der Waals surface area contributed by atoms with Crippen LogP contribution < -0.4 is 0 Å². The second kappa shape index (κ2) is 4.79. The van der Waals surface area contributed by atoms with Crippen LogP contribution in [0.4, 0.5) is 0 Å². The highest BCUT2D eigenvalue weighted by atomic mass is 16.6. The lowest BCUT2D eigenvalue weighted by Gasteiger charge is -2.18. The topological polar surface area (TPSA) is 57.0 Å². The van der Waals surface area contributed by atoms with E-state index in [1.54, 1.807) is 20.8 Å². The molecule has 0 atom stereocenters. The standard InChI is InChI=1S/C11H15N3O2/c1-5-6-7-14-8-9(12-13-14)10(15)16-11(2,3)4/h1,8H,6-7H2,2-4H3. The smallest absolute Gasteiger partial charge is 0.361 e. The molecule has 0 radical (unpaired) electrons. The number of nitrogens with zero attached hydrogens (tertiary/aromatic N) is 3. The fraction of sp³-hybridized carbons (Fsp3) is 0.545. The zero-order chi connectivity index (χ0) is 12.2. The molecule has 0 aliphatic carbocycles. The van der Waals surface area contributed by atoms with E-state index in [9.17, 15) is 4.79 Å². The van der Waals surface area contributed by atoms with Gasteiger partial charge in [-0.3, -0.25) is 4.68 Å². The molecule has 0 unspecified atom stereocenters. The maximum absolute atomic E-state index is 11.6. The van der Waals surface area contributed by atoms with Gasteiger partial charge in [-0.2, -0.15) is 0 Å². The van der Waals surface area contributed by atoms with E-state index < -0.39 is 11.6 Å². The van der Waals surface area contributed by atoms with Gasteiger partial charge < -0.3 is 4.74 Å². The Balaban J connectivity index is 2.64. The molecule has 1 heterocycles. The minimum atomic E-state index is -0.528. The number of terminal acetylenes is 1. The fourth-order valence-electron chi connectivity index (χ4n) is 1.01.